The lowest BCUT2D eigenvalue weighted by molar-refractivity contribution is -0.117. The minimum Gasteiger partial charge on any atom is -0.312 e. The molecule has 1 aromatic carbocycles. The number of carbonyl (C=O) groups is 1. The molecule has 138 valence electrons. The largest absolute Gasteiger partial charge is 0.312 e. The van der Waals surface area contributed by atoms with Gasteiger partial charge >= 0.3 is 0 Å². The van der Waals surface area contributed by atoms with Crippen molar-refractivity contribution in [1.82, 2.24) is 25.1 Å². The fourth-order valence-electron chi connectivity index (χ4n) is 3.65. The van der Waals surface area contributed by atoms with E-state index in [1.807, 2.05) is 42.3 Å². The molecular formula is C21H18N6O. The number of carbonyl (C=O) groups excluding carboxylic acids is 1. The number of rotatable bonds is 3. The molecule has 1 aliphatic rings. The second kappa shape index (κ2) is 6.53. The number of hydrogen-bond acceptors (Lipinski definition) is 5. The number of amides is 1. The number of nitrogens with one attached hydrogen (secondary N) is 1. The van der Waals surface area contributed by atoms with Gasteiger partial charge in [0.2, 0.25) is 5.91 Å². The molecule has 0 aliphatic carbocycles. The highest BCUT2D eigenvalue weighted by Gasteiger charge is 2.21. The van der Waals surface area contributed by atoms with Crippen LogP contribution in [0.5, 0.6) is 0 Å². The van der Waals surface area contributed by atoms with E-state index >= 15 is 0 Å². The van der Waals surface area contributed by atoms with Gasteiger partial charge in [-0.3, -0.25) is 14.9 Å². The molecule has 4 aromatic rings. The molecule has 0 unspecified atom stereocenters. The average molecular weight is 370 g/mol. The molecule has 1 saturated heterocycles. The van der Waals surface area contributed by atoms with E-state index in [2.05, 4.69) is 31.2 Å². The van der Waals surface area contributed by atoms with E-state index in [1.165, 1.54) is 0 Å². The zero-order chi connectivity index (χ0) is 19.1. The first-order valence-electron chi connectivity index (χ1n) is 9.23. The lowest BCUT2D eigenvalue weighted by atomic mass is 10.0. The van der Waals surface area contributed by atoms with Crippen molar-refractivity contribution in [3.8, 4) is 22.4 Å². The normalized spacial score (nSPS) is 14.2. The van der Waals surface area contributed by atoms with Gasteiger partial charge in [-0.05, 0) is 37.1 Å². The molecule has 5 rings (SSSR count). The lowest BCUT2D eigenvalue weighted by Crippen LogP contribution is -2.23. The van der Waals surface area contributed by atoms with Gasteiger partial charge < -0.3 is 4.90 Å². The van der Waals surface area contributed by atoms with Crippen LogP contribution >= 0.6 is 0 Å². The van der Waals surface area contributed by atoms with Gasteiger partial charge in [-0.2, -0.15) is 5.10 Å². The number of pyridine rings is 1. The summed E-state index contributed by atoms with van der Waals surface area (Å²) >= 11 is 0. The molecule has 0 atom stereocenters. The Hall–Kier alpha value is -3.61. The summed E-state index contributed by atoms with van der Waals surface area (Å²) in [7, 11) is 0. The van der Waals surface area contributed by atoms with Crippen molar-refractivity contribution < 1.29 is 4.79 Å². The molecule has 7 nitrogen and oxygen atoms in total. The third-order valence-corrected chi connectivity index (χ3v) is 5.02. The maximum Gasteiger partial charge on any atom is 0.227 e. The van der Waals surface area contributed by atoms with Crippen LogP contribution in [0, 0.1) is 6.92 Å². The van der Waals surface area contributed by atoms with Crippen molar-refractivity contribution in [3.63, 3.8) is 0 Å². The van der Waals surface area contributed by atoms with Crippen LogP contribution in [-0.4, -0.2) is 37.6 Å². The summed E-state index contributed by atoms with van der Waals surface area (Å²) in [5, 5.41) is 7.85. The monoisotopic (exact) mass is 370 g/mol. The zero-order valence-electron chi connectivity index (χ0n) is 15.4. The number of nitrogens with zero attached hydrogens (tertiary/aromatic N) is 5. The van der Waals surface area contributed by atoms with Gasteiger partial charge in [-0.1, -0.05) is 12.1 Å². The van der Waals surface area contributed by atoms with Crippen LogP contribution in [0.15, 0.2) is 48.9 Å². The summed E-state index contributed by atoms with van der Waals surface area (Å²) in [6.07, 6.45) is 6.93. The summed E-state index contributed by atoms with van der Waals surface area (Å²) in [5.41, 5.74) is 5.41. The first-order chi connectivity index (χ1) is 13.7. The highest BCUT2D eigenvalue weighted by atomic mass is 16.2. The van der Waals surface area contributed by atoms with Gasteiger partial charge in [0.25, 0.3) is 0 Å². The molecule has 0 radical (unpaired) electrons. The van der Waals surface area contributed by atoms with Gasteiger partial charge in [0.1, 0.15) is 5.82 Å². The summed E-state index contributed by atoms with van der Waals surface area (Å²) in [6.45, 7) is 2.66. The Morgan fingerprint density at radius 2 is 1.82 bits per heavy atom. The molecule has 0 spiro atoms. The average Bonchev–Trinajstić information content (AvgIpc) is 3.36. The number of H-pyrrole nitrogens is 1. The number of fused-ring (bicyclic) bond motifs is 1. The molecule has 1 aliphatic heterocycles. The van der Waals surface area contributed by atoms with E-state index in [0.717, 1.165) is 46.4 Å². The van der Waals surface area contributed by atoms with Crippen molar-refractivity contribution in [2.45, 2.75) is 19.8 Å². The molecule has 0 bridgehead atoms. The van der Waals surface area contributed by atoms with Crippen molar-refractivity contribution >= 4 is 22.6 Å². The maximum absolute atomic E-state index is 11.9. The van der Waals surface area contributed by atoms with Crippen LogP contribution in [0.1, 0.15) is 18.7 Å². The third-order valence-electron chi connectivity index (χ3n) is 5.02. The Morgan fingerprint density at radius 3 is 2.61 bits per heavy atom. The van der Waals surface area contributed by atoms with Crippen LogP contribution in [0.3, 0.4) is 0 Å². The predicted octanol–water partition coefficient (Wildman–Crippen LogP) is 3.52. The van der Waals surface area contributed by atoms with E-state index in [4.69, 9.17) is 0 Å². The Kier molecular flexibility index (Phi) is 3.86. The van der Waals surface area contributed by atoms with E-state index in [1.54, 1.807) is 12.4 Å². The summed E-state index contributed by atoms with van der Waals surface area (Å²) in [6, 6.07) is 10.1. The predicted molar refractivity (Wildman–Crippen MR) is 107 cm³/mol. The Labute approximate surface area is 161 Å². The van der Waals surface area contributed by atoms with E-state index in [-0.39, 0.29) is 5.91 Å². The SMILES string of the molecule is Cc1nc(-c2cncc(-c3ccc(N4CCCC4=O)cc3)c2)c2cn[nH]c2n1. The first kappa shape index (κ1) is 16.6. The minimum atomic E-state index is 0.194. The number of benzene rings is 1. The van der Waals surface area contributed by atoms with Gasteiger partial charge in [0.15, 0.2) is 5.65 Å². The fraction of sp³-hybridized carbons (Fsp3) is 0.190. The summed E-state index contributed by atoms with van der Waals surface area (Å²) in [5.74, 6) is 0.872. The zero-order valence-corrected chi connectivity index (χ0v) is 15.4. The fourth-order valence-corrected chi connectivity index (χ4v) is 3.65. The highest BCUT2D eigenvalue weighted by molar-refractivity contribution is 5.95. The minimum absolute atomic E-state index is 0.194. The highest BCUT2D eigenvalue weighted by Crippen LogP contribution is 2.30. The maximum atomic E-state index is 11.9. The quantitative estimate of drug-likeness (QED) is 0.596. The van der Waals surface area contributed by atoms with Crippen LogP contribution in [0.2, 0.25) is 0 Å². The third kappa shape index (κ3) is 2.81. The molecule has 4 heterocycles. The Balaban J connectivity index is 1.52. The second-order valence-electron chi connectivity index (χ2n) is 6.91. The number of aromatic amines is 1. The number of anilines is 1. The van der Waals surface area contributed by atoms with Crippen LogP contribution < -0.4 is 4.90 Å². The van der Waals surface area contributed by atoms with E-state index in [9.17, 15) is 4.79 Å². The molecule has 3 aromatic heterocycles. The topological polar surface area (TPSA) is 87.7 Å². The molecule has 1 amide bonds. The standard InChI is InChI=1S/C21H18N6O/c1-13-24-20(18-12-23-26-21(18)25-13)16-9-15(10-22-11-16)14-4-6-17(7-5-14)27-8-2-3-19(27)28/h4-7,9-12H,2-3,8H2,1H3,(H,23,24,25,26). The summed E-state index contributed by atoms with van der Waals surface area (Å²) < 4.78 is 0. The molecular weight excluding hydrogens is 352 g/mol. The van der Waals surface area contributed by atoms with Crippen molar-refractivity contribution in [2.24, 2.45) is 0 Å². The van der Waals surface area contributed by atoms with Crippen molar-refractivity contribution in [2.75, 3.05) is 11.4 Å². The van der Waals surface area contributed by atoms with Gasteiger partial charge in [-0.25, -0.2) is 9.97 Å². The van der Waals surface area contributed by atoms with Crippen LogP contribution in [-0.2, 0) is 4.79 Å². The smallest absolute Gasteiger partial charge is 0.227 e. The number of hydrogen-bond donors (Lipinski definition) is 1. The molecule has 0 saturated carbocycles. The van der Waals surface area contributed by atoms with Crippen LogP contribution in [0.4, 0.5) is 5.69 Å². The molecule has 1 fully saturated rings. The van der Waals surface area contributed by atoms with E-state index < -0.39 is 0 Å². The first-order valence-corrected chi connectivity index (χ1v) is 9.23. The lowest BCUT2D eigenvalue weighted by Gasteiger charge is -2.16. The van der Waals surface area contributed by atoms with Gasteiger partial charge in [0, 0.05) is 42.2 Å². The van der Waals surface area contributed by atoms with Crippen LogP contribution in [0.25, 0.3) is 33.4 Å². The van der Waals surface area contributed by atoms with Gasteiger partial charge in [-0.15, -0.1) is 0 Å². The summed E-state index contributed by atoms with van der Waals surface area (Å²) in [4.78, 5) is 27.2. The van der Waals surface area contributed by atoms with E-state index in [0.29, 0.717) is 17.9 Å². The number of aromatic nitrogens is 5. The Bertz CT molecular complexity index is 1180. The number of aryl methyl sites for hydroxylation is 1. The van der Waals surface area contributed by atoms with Crippen molar-refractivity contribution in [1.29, 1.82) is 0 Å². The van der Waals surface area contributed by atoms with Gasteiger partial charge in [0.05, 0.1) is 17.3 Å². The van der Waals surface area contributed by atoms with Crippen molar-refractivity contribution in [3.05, 3.63) is 54.7 Å². The molecule has 1 N–H and O–H groups in total. The molecule has 7 heteroatoms. The Morgan fingerprint density at radius 1 is 1.00 bits per heavy atom. The molecule has 28 heavy (non-hydrogen) atoms. The second-order valence-corrected chi connectivity index (χ2v) is 6.91.